The molecule has 0 aliphatic heterocycles. The second kappa shape index (κ2) is 5.91. The van der Waals surface area contributed by atoms with Crippen LogP contribution in [0.4, 0.5) is 11.4 Å². The Bertz CT molecular complexity index is 604. The zero-order valence-electron chi connectivity index (χ0n) is 10.6. The van der Waals surface area contributed by atoms with E-state index in [9.17, 15) is 9.90 Å². The Morgan fingerprint density at radius 2 is 1.68 bits per heavy atom. The minimum Gasteiger partial charge on any atom is -0.507 e. The summed E-state index contributed by atoms with van der Waals surface area (Å²) in [7, 11) is 0. The molecule has 0 spiro atoms. The number of carbonyl (C=O) groups excluding carboxylic acids is 1. The molecule has 2 rings (SSSR count). The van der Waals surface area contributed by atoms with Crippen LogP contribution in [0, 0.1) is 0 Å². The molecule has 0 saturated carbocycles. The van der Waals surface area contributed by atoms with E-state index >= 15 is 0 Å². The lowest BCUT2D eigenvalue weighted by molar-refractivity contribution is 0.112. The molecular weight excluding hydrogens is 240 g/mol. The fraction of sp³-hybridized carbons (Fsp3) is 0.133. The smallest absolute Gasteiger partial charge is 0.153 e. The van der Waals surface area contributed by atoms with Crippen LogP contribution in [0.15, 0.2) is 52.7 Å². The van der Waals surface area contributed by atoms with Crippen LogP contribution in [0.5, 0.6) is 5.75 Å². The lowest BCUT2D eigenvalue weighted by Crippen LogP contribution is -1.79. The number of hydrogen-bond acceptors (Lipinski definition) is 4. The van der Waals surface area contributed by atoms with Gasteiger partial charge in [0.25, 0.3) is 0 Å². The Balaban J connectivity index is 2.17. The van der Waals surface area contributed by atoms with Crippen molar-refractivity contribution < 1.29 is 9.90 Å². The standard InChI is InChI=1S/C15H14N2O2/c1-2-11-3-6-13(7-4-11)16-17-14-8-5-12(10-18)15(19)9-14/h3-10,19H,2H2,1H3. The Morgan fingerprint density at radius 1 is 1.05 bits per heavy atom. The maximum atomic E-state index is 10.6. The number of rotatable bonds is 4. The number of nitrogens with zero attached hydrogens (tertiary/aromatic N) is 2. The number of phenolic OH excluding ortho intramolecular Hbond substituents is 1. The van der Waals surface area contributed by atoms with E-state index < -0.39 is 0 Å². The zero-order valence-corrected chi connectivity index (χ0v) is 10.6. The third-order valence-corrected chi connectivity index (χ3v) is 2.77. The predicted octanol–water partition coefficient (Wildman–Crippen LogP) is 4.18. The van der Waals surface area contributed by atoms with Gasteiger partial charge >= 0.3 is 0 Å². The van der Waals surface area contributed by atoms with Crippen molar-refractivity contribution in [1.29, 1.82) is 0 Å². The van der Waals surface area contributed by atoms with E-state index in [1.165, 1.54) is 17.7 Å². The van der Waals surface area contributed by atoms with Gasteiger partial charge in [0.1, 0.15) is 5.75 Å². The molecule has 4 nitrogen and oxygen atoms in total. The molecule has 0 bridgehead atoms. The first-order valence-electron chi connectivity index (χ1n) is 6.02. The Kier molecular flexibility index (Phi) is 4.03. The van der Waals surface area contributed by atoms with Crippen molar-refractivity contribution in [1.82, 2.24) is 0 Å². The van der Waals surface area contributed by atoms with Gasteiger partial charge in [0, 0.05) is 6.07 Å². The molecule has 0 aliphatic carbocycles. The summed E-state index contributed by atoms with van der Waals surface area (Å²) in [5, 5.41) is 17.6. The van der Waals surface area contributed by atoms with Crippen molar-refractivity contribution in [3.05, 3.63) is 53.6 Å². The van der Waals surface area contributed by atoms with Crippen LogP contribution in [0.3, 0.4) is 0 Å². The average Bonchev–Trinajstić information content (AvgIpc) is 2.46. The molecule has 2 aromatic rings. The fourth-order valence-corrected chi connectivity index (χ4v) is 1.61. The van der Waals surface area contributed by atoms with Crippen LogP contribution < -0.4 is 0 Å². The molecule has 1 N–H and O–H groups in total. The summed E-state index contributed by atoms with van der Waals surface area (Å²) in [6.45, 7) is 2.09. The molecule has 0 aliphatic rings. The van der Waals surface area contributed by atoms with Crippen molar-refractivity contribution in [3.8, 4) is 5.75 Å². The Labute approximate surface area is 111 Å². The normalized spacial score (nSPS) is 10.8. The number of carbonyl (C=O) groups is 1. The maximum Gasteiger partial charge on any atom is 0.153 e. The minimum atomic E-state index is -0.0900. The van der Waals surface area contributed by atoms with Gasteiger partial charge in [-0.25, -0.2) is 0 Å². The lowest BCUT2D eigenvalue weighted by Gasteiger charge is -1.98. The Hall–Kier alpha value is -2.49. The SMILES string of the molecule is CCc1ccc(N=Nc2ccc(C=O)c(O)c2)cc1. The summed E-state index contributed by atoms with van der Waals surface area (Å²) < 4.78 is 0. The van der Waals surface area contributed by atoms with Gasteiger partial charge in [0.15, 0.2) is 6.29 Å². The molecule has 0 unspecified atom stereocenters. The third-order valence-electron chi connectivity index (χ3n) is 2.77. The molecule has 4 heteroatoms. The van der Waals surface area contributed by atoms with Crippen molar-refractivity contribution in [2.75, 3.05) is 0 Å². The molecule has 2 aromatic carbocycles. The van der Waals surface area contributed by atoms with E-state index in [4.69, 9.17) is 0 Å². The topological polar surface area (TPSA) is 62.0 Å². The molecule has 0 amide bonds. The number of aromatic hydroxyl groups is 1. The summed E-state index contributed by atoms with van der Waals surface area (Å²) in [6.07, 6.45) is 1.58. The van der Waals surface area contributed by atoms with E-state index in [-0.39, 0.29) is 11.3 Å². The molecular formula is C15H14N2O2. The number of benzene rings is 2. The van der Waals surface area contributed by atoms with Crippen LogP contribution >= 0.6 is 0 Å². The van der Waals surface area contributed by atoms with Crippen molar-refractivity contribution in [2.45, 2.75) is 13.3 Å². The van der Waals surface area contributed by atoms with Gasteiger partial charge in [-0.2, -0.15) is 10.2 Å². The molecule has 0 saturated heterocycles. The van der Waals surface area contributed by atoms with Crippen LogP contribution in [-0.4, -0.2) is 11.4 Å². The molecule has 19 heavy (non-hydrogen) atoms. The summed E-state index contributed by atoms with van der Waals surface area (Å²) >= 11 is 0. The molecule has 0 fully saturated rings. The first-order valence-corrected chi connectivity index (χ1v) is 6.02. The van der Waals surface area contributed by atoms with Gasteiger partial charge < -0.3 is 5.11 Å². The van der Waals surface area contributed by atoms with Crippen molar-refractivity contribution >= 4 is 17.7 Å². The predicted molar refractivity (Wildman–Crippen MR) is 73.5 cm³/mol. The van der Waals surface area contributed by atoms with E-state index in [1.807, 2.05) is 24.3 Å². The highest BCUT2D eigenvalue weighted by atomic mass is 16.3. The lowest BCUT2D eigenvalue weighted by atomic mass is 10.2. The number of hydrogen-bond donors (Lipinski definition) is 1. The van der Waals surface area contributed by atoms with Crippen molar-refractivity contribution in [2.24, 2.45) is 10.2 Å². The number of azo groups is 1. The maximum absolute atomic E-state index is 10.6. The van der Waals surface area contributed by atoms with Gasteiger partial charge in [-0.05, 0) is 36.2 Å². The monoisotopic (exact) mass is 254 g/mol. The first-order chi connectivity index (χ1) is 9.22. The number of phenols is 1. The van der Waals surface area contributed by atoms with Crippen LogP contribution in [-0.2, 0) is 6.42 Å². The number of aldehydes is 1. The molecule has 0 heterocycles. The van der Waals surface area contributed by atoms with Crippen LogP contribution in [0.2, 0.25) is 0 Å². The van der Waals surface area contributed by atoms with Crippen LogP contribution in [0.25, 0.3) is 0 Å². The summed E-state index contributed by atoms with van der Waals surface area (Å²) in [5.41, 5.74) is 2.73. The molecule has 0 radical (unpaired) electrons. The summed E-state index contributed by atoms with van der Waals surface area (Å²) in [6, 6.07) is 12.3. The first kappa shape index (κ1) is 13.0. The van der Waals surface area contributed by atoms with Gasteiger partial charge in [-0.3, -0.25) is 4.79 Å². The second-order valence-electron chi connectivity index (χ2n) is 4.08. The molecule has 0 atom stereocenters. The van der Waals surface area contributed by atoms with E-state index in [1.54, 1.807) is 6.07 Å². The van der Waals surface area contributed by atoms with Gasteiger partial charge in [-0.15, -0.1) is 0 Å². The van der Waals surface area contributed by atoms with E-state index in [0.29, 0.717) is 12.0 Å². The number of aryl methyl sites for hydroxylation is 1. The second-order valence-corrected chi connectivity index (χ2v) is 4.08. The quantitative estimate of drug-likeness (QED) is 0.657. The highest BCUT2D eigenvalue weighted by molar-refractivity contribution is 5.80. The third kappa shape index (κ3) is 3.25. The molecule has 96 valence electrons. The van der Waals surface area contributed by atoms with Gasteiger partial charge in [0.05, 0.1) is 16.9 Å². The van der Waals surface area contributed by atoms with E-state index in [0.717, 1.165) is 12.1 Å². The van der Waals surface area contributed by atoms with Crippen LogP contribution in [0.1, 0.15) is 22.8 Å². The van der Waals surface area contributed by atoms with Gasteiger partial charge in [0.2, 0.25) is 0 Å². The zero-order chi connectivity index (χ0) is 13.7. The van der Waals surface area contributed by atoms with Crippen molar-refractivity contribution in [3.63, 3.8) is 0 Å². The summed E-state index contributed by atoms with van der Waals surface area (Å²) in [4.78, 5) is 10.6. The van der Waals surface area contributed by atoms with E-state index in [2.05, 4.69) is 17.2 Å². The largest absolute Gasteiger partial charge is 0.507 e. The highest BCUT2D eigenvalue weighted by Crippen LogP contribution is 2.24. The van der Waals surface area contributed by atoms with Gasteiger partial charge in [-0.1, -0.05) is 19.1 Å². The Morgan fingerprint density at radius 3 is 2.26 bits per heavy atom. The average molecular weight is 254 g/mol. The minimum absolute atomic E-state index is 0.0900. The summed E-state index contributed by atoms with van der Waals surface area (Å²) in [5.74, 6) is -0.0900. The highest BCUT2D eigenvalue weighted by Gasteiger charge is 2.00. The molecule has 0 aromatic heterocycles. The fourth-order valence-electron chi connectivity index (χ4n) is 1.61.